The van der Waals surface area contributed by atoms with Crippen LogP contribution in [0.15, 0.2) is 49.8 Å². The molecular weight excluding hydrogens is 431 g/mol. The van der Waals surface area contributed by atoms with Crippen LogP contribution < -0.4 is 4.74 Å². The average Bonchev–Trinajstić information content (AvgIpc) is 2.33. The van der Waals surface area contributed by atoms with Gasteiger partial charge < -0.3 is 4.74 Å². The van der Waals surface area contributed by atoms with E-state index in [0.717, 1.165) is 20.3 Å². The molecule has 0 heterocycles. The molecular formula is C13H8Br3FO. The van der Waals surface area contributed by atoms with Gasteiger partial charge in [0.2, 0.25) is 0 Å². The molecule has 0 radical (unpaired) electrons. The van der Waals surface area contributed by atoms with Crippen LogP contribution in [0, 0.1) is 5.82 Å². The van der Waals surface area contributed by atoms with Crippen LogP contribution in [0.1, 0.15) is 5.56 Å². The minimum atomic E-state index is -0.277. The third kappa shape index (κ3) is 3.33. The lowest BCUT2D eigenvalue weighted by Crippen LogP contribution is -1.97. The highest BCUT2D eigenvalue weighted by atomic mass is 79.9. The third-order valence-corrected chi connectivity index (χ3v) is 4.14. The summed E-state index contributed by atoms with van der Waals surface area (Å²) in [4.78, 5) is 0. The van der Waals surface area contributed by atoms with Crippen molar-refractivity contribution in [3.05, 3.63) is 61.2 Å². The van der Waals surface area contributed by atoms with Crippen LogP contribution in [-0.2, 0) is 6.61 Å². The number of hydrogen-bond acceptors (Lipinski definition) is 1. The molecule has 2 aromatic carbocycles. The first kappa shape index (κ1) is 14.0. The van der Waals surface area contributed by atoms with E-state index >= 15 is 0 Å². The monoisotopic (exact) mass is 436 g/mol. The molecule has 2 rings (SSSR count). The molecule has 0 fully saturated rings. The Labute approximate surface area is 130 Å². The molecule has 1 nitrogen and oxygen atoms in total. The quantitative estimate of drug-likeness (QED) is 0.598. The van der Waals surface area contributed by atoms with Crippen LogP contribution >= 0.6 is 47.8 Å². The fraction of sp³-hybridized carbons (Fsp3) is 0.0769. The maximum absolute atomic E-state index is 13.1. The van der Waals surface area contributed by atoms with E-state index in [2.05, 4.69) is 47.8 Å². The normalized spacial score (nSPS) is 10.4. The van der Waals surface area contributed by atoms with Gasteiger partial charge in [0, 0.05) is 0 Å². The second kappa shape index (κ2) is 6.17. The molecule has 0 atom stereocenters. The fourth-order valence-electron chi connectivity index (χ4n) is 1.41. The molecule has 0 unspecified atom stereocenters. The summed E-state index contributed by atoms with van der Waals surface area (Å²) in [5.41, 5.74) is 0.894. The molecule has 2 aromatic rings. The van der Waals surface area contributed by atoms with Crippen LogP contribution in [0.2, 0.25) is 0 Å². The van der Waals surface area contributed by atoms with Gasteiger partial charge in [0.05, 0.1) is 13.4 Å². The molecule has 0 saturated heterocycles. The highest BCUT2D eigenvalue weighted by Crippen LogP contribution is 2.33. The van der Waals surface area contributed by atoms with E-state index < -0.39 is 0 Å². The fourth-order valence-corrected chi connectivity index (χ4v) is 3.06. The van der Waals surface area contributed by atoms with Crippen molar-refractivity contribution in [1.29, 1.82) is 0 Å². The van der Waals surface area contributed by atoms with Crippen molar-refractivity contribution in [2.45, 2.75) is 6.61 Å². The Balaban J connectivity index is 2.14. The minimum absolute atomic E-state index is 0.277. The van der Waals surface area contributed by atoms with Gasteiger partial charge in [-0.05, 0) is 77.6 Å². The predicted molar refractivity (Wildman–Crippen MR) is 80.3 cm³/mol. The molecule has 18 heavy (non-hydrogen) atoms. The first-order valence-corrected chi connectivity index (χ1v) is 7.46. The van der Waals surface area contributed by atoms with Crippen LogP contribution in [0.4, 0.5) is 4.39 Å². The lowest BCUT2D eigenvalue weighted by Gasteiger charge is -2.10. The summed E-state index contributed by atoms with van der Waals surface area (Å²) in [6, 6.07) is 10.5. The van der Waals surface area contributed by atoms with E-state index in [1.54, 1.807) is 12.1 Å². The van der Waals surface area contributed by atoms with Crippen molar-refractivity contribution in [2.75, 3.05) is 0 Å². The molecule has 0 bridgehead atoms. The van der Waals surface area contributed by atoms with Gasteiger partial charge in [-0.3, -0.25) is 0 Å². The molecule has 0 amide bonds. The summed E-state index contributed by atoms with van der Waals surface area (Å²) in [6.07, 6.45) is 0. The van der Waals surface area contributed by atoms with Gasteiger partial charge >= 0.3 is 0 Å². The zero-order valence-corrected chi connectivity index (χ0v) is 13.8. The van der Waals surface area contributed by atoms with Gasteiger partial charge in [-0.1, -0.05) is 12.1 Å². The van der Waals surface area contributed by atoms with Crippen molar-refractivity contribution < 1.29 is 9.13 Å². The van der Waals surface area contributed by atoms with Crippen molar-refractivity contribution in [3.8, 4) is 5.75 Å². The lowest BCUT2D eigenvalue weighted by atomic mass is 10.2. The van der Waals surface area contributed by atoms with E-state index in [0.29, 0.717) is 11.1 Å². The maximum atomic E-state index is 13.1. The zero-order valence-electron chi connectivity index (χ0n) is 9.09. The number of para-hydroxylation sites is 1. The predicted octanol–water partition coefficient (Wildman–Crippen LogP) is 5.69. The van der Waals surface area contributed by atoms with Crippen molar-refractivity contribution in [2.24, 2.45) is 0 Å². The van der Waals surface area contributed by atoms with Gasteiger partial charge in [0.25, 0.3) is 0 Å². The Morgan fingerprint density at radius 1 is 0.944 bits per heavy atom. The highest BCUT2D eigenvalue weighted by molar-refractivity contribution is 9.11. The number of ether oxygens (including phenoxy) is 1. The minimum Gasteiger partial charge on any atom is -0.487 e. The summed E-state index contributed by atoms with van der Waals surface area (Å²) in [6.45, 7) is 0.375. The molecule has 0 aromatic heterocycles. The topological polar surface area (TPSA) is 9.23 Å². The van der Waals surface area contributed by atoms with Crippen molar-refractivity contribution in [3.63, 3.8) is 0 Å². The van der Waals surface area contributed by atoms with E-state index in [1.165, 1.54) is 6.07 Å². The molecule has 0 saturated carbocycles. The second-order valence-corrected chi connectivity index (χ2v) is 6.15. The van der Waals surface area contributed by atoms with Gasteiger partial charge in [0.1, 0.15) is 18.2 Å². The van der Waals surface area contributed by atoms with Crippen molar-refractivity contribution in [1.82, 2.24) is 0 Å². The largest absolute Gasteiger partial charge is 0.487 e. The van der Waals surface area contributed by atoms with Crippen LogP contribution in [0.3, 0.4) is 0 Å². The van der Waals surface area contributed by atoms with Gasteiger partial charge in [-0.25, -0.2) is 4.39 Å². The Morgan fingerprint density at radius 3 is 2.22 bits per heavy atom. The molecule has 0 spiro atoms. The van der Waals surface area contributed by atoms with Crippen LogP contribution in [0.5, 0.6) is 5.75 Å². The number of rotatable bonds is 3. The standard InChI is InChI=1S/C13H8Br3FO/c14-9-2-1-3-10(15)13(9)18-7-8-4-5-12(17)11(16)6-8/h1-6H,7H2. The van der Waals surface area contributed by atoms with E-state index in [-0.39, 0.29) is 5.82 Å². The van der Waals surface area contributed by atoms with Gasteiger partial charge in [-0.15, -0.1) is 0 Å². The summed E-state index contributed by atoms with van der Waals surface area (Å²) in [5, 5.41) is 0. The lowest BCUT2D eigenvalue weighted by molar-refractivity contribution is 0.302. The highest BCUT2D eigenvalue weighted by Gasteiger charge is 2.07. The summed E-state index contributed by atoms with van der Waals surface area (Å²) < 4.78 is 21.0. The third-order valence-electron chi connectivity index (χ3n) is 2.29. The number of hydrogen-bond donors (Lipinski definition) is 0. The van der Waals surface area contributed by atoms with Gasteiger partial charge in [0.15, 0.2) is 0 Å². The van der Waals surface area contributed by atoms with Crippen LogP contribution in [-0.4, -0.2) is 0 Å². The average molecular weight is 439 g/mol. The Hall–Kier alpha value is -0.390. The number of halogens is 4. The molecule has 0 aliphatic rings. The molecule has 0 aliphatic heterocycles. The molecule has 0 aliphatic carbocycles. The van der Waals surface area contributed by atoms with Gasteiger partial charge in [-0.2, -0.15) is 0 Å². The maximum Gasteiger partial charge on any atom is 0.148 e. The zero-order chi connectivity index (χ0) is 13.1. The van der Waals surface area contributed by atoms with E-state index in [1.807, 2.05) is 18.2 Å². The summed E-state index contributed by atoms with van der Waals surface area (Å²) in [5.74, 6) is 0.457. The van der Waals surface area contributed by atoms with E-state index in [9.17, 15) is 4.39 Å². The van der Waals surface area contributed by atoms with Crippen LogP contribution in [0.25, 0.3) is 0 Å². The molecule has 5 heteroatoms. The SMILES string of the molecule is Fc1ccc(COc2c(Br)cccc2Br)cc1Br. The Kier molecular flexibility index (Phi) is 4.81. The first-order chi connectivity index (χ1) is 8.58. The summed E-state index contributed by atoms with van der Waals surface area (Å²) in [7, 11) is 0. The summed E-state index contributed by atoms with van der Waals surface area (Å²) >= 11 is 10.00. The number of benzene rings is 2. The smallest absolute Gasteiger partial charge is 0.148 e. The van der Waals surface area contributed by atoms with Crippen molar-refractivity contribution >= 4 is 47.8 Å². The molecule has 0 N–H and O–H groups in total. The Bertz CT molecular complexity index is 552. The second-order valence-electron chi connectivity index (χ2n) is 3.59. The molecule has 94 valence electrons. The Morgan fingerprint density at radius 2 is 1.61 bits per heavy atom. The first-order valence-electron chi connectivity index (χ1n) is 5.08. The van der Waals surface area contributed by atoms with E-state index in [4.69, 9.17) is 4.74 Å².